The van der Waals surface area contributed by atoms with Crippen molar-refractivity contribution in [2.24, 2.45) is 0 Å². The van der Waals surface area contributed by atoms with Crippen molar-refractivity contribution in [3.05, 3.63) is 48.5 Å². The number of carbonyl (C=O) groups excluding carboxylic acids is 2. The van der Waals surface area contributed by atoms with Crippen LogP contribution in [0.2, 0.25) is 0 Å². The minimum Gasteiger partial charge on any atom is -0.744 e. The van der Waals surface area contributed by atoms with Crippen molar-refractivity contribution in [2.75, 3.05) is 11.5 Å². The minimum atomic E-state index is -4.86. The van der Waals surface area contributed by atoms with Crippen molar-refractivity contribution < 1.29 is 130 Å². The second-order valence-corrected chi connectivity index (χ2v) is 11.8. The van der Waals surface area contributed by atoms with E-state index in [0.717, 1.165) is 24.3 Å². The Kier molecular flexibility index (Phi) is 16.2. The molecular formula is C16H14Na2O16S4. The van der Waals surface area contributed by atoms with Crippen LogP contribution in [-0.4, -0.2) is 75.3 Å². The number of hydrogen-bond acceptors (Lipinski definition) is 14. The number of esters is 2. The smallest absolute Gasteiger partial charge is 0.744 e. The number of carbonyl (C=O) groups is 2. The Morgan fingerprint density at radius 3 is 1.11 bits per heavy atom. The summed E-state index contributed by atoms with van der Waals surface area (Å²) in [5.74, 6) is -6.70. The van der Waals surface area contributed by atoms with Crippen LogP contribution in [0.1, 0.15) is 0 Å². The number of ether oxygens (including phenoxy) is 2. The normalized spacial score (nSPS) is 11.5. The molecule has 0 heterocycles. The predicted octanol–water partition coefficient (Wildman–Crippen LogP) is -7.22. The molecule has 0 atom stereocenters. The second kappa shape index (κ2) is 15.7. The van der Waals surface area contributed by atoms with Gasteiger partial charge in [-0.15, -0.1) is 0 Å². The summed E-state index contributed by atoms with van der Waals surface area (Å²) in [5, 5.41) is 0. The Balaban J connectivity index is 0. The van der Waals surface area contributed by atoms with Gasteiger partial charge in [-0.25, -0.2) is 16.8 Å². The molecule has 0 saturated heterocycles. The fourth-order valence-electron chi connectivity index (χ4n) is 2.08. The first-order chi connectivity index (χ1) is 16.2. The Morgan fingerprint density at radius 1 is 0.605 bits per heavy atom. The van der Waals surface area contributed by atoms with Crippen LogP contribution in [0.5, 0.6) is 11.5 Å². The molecule has 2 aromatic carbocycles. The third-order valence-electron chi connectivity index (χ3n) is 3.29. The van der Waals surface area contributed by atoms with Crippen LogP contribution in [0.15, 0.2) is 58.3 Å². The van der Waals surface area contributed by atoms with Crippen LogP contribution in [0.4, 0.5) is 0 Å². The zero-order chi connectivity index (χ0) is 27.9. The topological polar surface area (TPSA) is 276 Å². The van der Waals surface area contributed by atoms with Gasteiger partial charge in [-0.05, 0) is 24.3 Å². The summed E-state index contributed by atoms with van der Waals surface area (Å²) in [7, 11) is -18.9. The van der Waals surface area contributed by atoms with Crippen molar-refractivity contribution >= 4 is 52.4 Å². The maximum Gasteiger partial charge on any atom is 1.00 e. The Bertz CT molecular complexity index is 1450. The zero-order valence-electron chi connectivity index (χ0n) is 19.3. The summed E-state index contributed by atoms with van der Waals surface area (Å²) < 4.78 is 132. The number of benzene rings is 2. The molecule has 38 heavy (non-hydrogen) atoms. The SMILES string of the molecule is O=C(CS(=O)(=O)O)Oc1ccccc1S(=O)(=O)[O-].O=C(CS(=O)(=O)O)Oc1ccccc1S(=O)(=O)[O-].[Na+].[Na+]. The molecule has 0 aliphatic carbocycles. The first-order valence-corrected chi connectivity index (χ1v) is 14.6. The molecule has 0 unspecified atom stereocenters. The van der Waals surface area contributed by atoms with Crippen LogP contribution in [0.3, 0.4) is 0 Å². The summed E-state index contributed by atoms with van der Waals surface area (Å²) >= 11 is 0. The van der Waals surface area contributed by atoms with E-state index in [4.69, 9.17) is 9.11 Å². The maximum atomic E-state index is 11.0. The van der Waals surface area contributed by atoms with E-state index in [1.54, 1.807) is 0 Å². The molecule has 2 N–H and O–H groups in total. The average molecular weight is 637 g/mol. The van der Waals surface area contributed by atoms with Crippen molar-refractivity contribution in [2.45, 2.75) is 9.79 Å². The first-order valence-electron chi connectivity index (χ1n) is 8.60. The molecule has 0 radical (unpaired) electrons. The quantitative estimate of drug-likeness (QED) is 0.118. The molecule has 2 aromatic rings. The van der Waals surface area contributed by atoms with Gasteiger partial charge >= 0.3 is 71.1 Å². The average Bonchev–Trinajstić information content (AvgIpc) is 2.64. The van der Waals surface area contributed by atoms with Crippen molar-refractivity contribution in [1.29, 1.82) is 0 Å². The third kappa shape index (κ3) is 15.6. The van der Waals surface area contributed by atoms with E-state index < -0.39 is 85.2 Å². The standard InChI is InChI=1S/2C8H8O8S2.2Na/c2*9-8(5-17(10,11)12)16-6-3-1-2-4-7(6)18(13,14)15;;/h2*1-4H,5H2,(H,10,11,12)(H,13,14,15);;/q;;2*+1/p-2. The van der Waals surface area contributed by atoms with Crippen LogP contribution in [0, 0.1) is 0 Å². The van der Waals surface area contributed by atoms with E-state index in [2.05, 4.69) is 9.47 Å². The fourth-order valence-corrected chi connectivity index (χ4v) is 4.00. The first kappa shape index (κ1) is 39.2. The molecule has 0 saturated carbocycles. The van der Waals surface area contributed by atoms with E-state index in [1.807, 2.05) is 0 Å². The van der Waals surface area contributed by atoms with E-state index in [-0.39, 0.29) is 59.1 Å². The molecule has 0 aromatic heterocycles. The largest absolute Gasteiger partial charge is 1.00 e. The van der Waals surface area contributed by atoms with Gasteiger partial charge in [-0.3, -0.25) is 18.7 Å². The van der Waals surface area contributed by atoms with Crippen molar-refractivity contribution in [3.63, 3.8) is 0 Å². The molecule has 0 amide bonds. The van der Waals surface area contributed by atoms with Crippen LogP contribution < -0.4 is 68.6 Å². The predicted molar refractivity (Wildman–Crippen MR) is 113 cm³/mol. The van der Waals surface area contributed by atoms with Crippen LogP contribution in [-0.2, 0) is 50.1 Å². The second-order valence-electron chi connectivity index (χ2n) is 6.20. The summed E-state index contributed by atoms with van der Waals surface area (Å²) in [6, 6.07) is 8.83. The van der Waals surface area contributed by atoms with Crippen LogP contribution in [0.25, 0.3) is 0 Å². The van der Waals surface area contributed by atoms with Gasteiger partial charge in [0.1, 0.15) is 31.7 Å². The molecule has 0 spiro atoms. The van der Waals surface area contributed by atoms with Crippen molar-refractivity contribution in [1.82, 2.24) is 0 Å². The molecule has 0 bridgehead atoms. The summed E-state index contributed by atoms with van der Waals surface area (Å²) in [6.07, 6.45) is 0. The van der Waals surface area contributed by atoms with Gasteiger partial charge in [0, 0.05) is 0 Å². The Labute approximate surface area is 261 Å². The van der Waals surface area contributed by atoms with Crippen molar-refractivity contribution in [3.8, 4) is 11.5 Å². The van der Waals surface area contributed by atoms with E-state index in [1.165, 1.54) is 24.3 Å². The maximum absolute atomic E-state index is 11.0. The zero-order valence-corrected chi connectivity index (χ0v) is 26.5. The summed E-state index contributed by atoms with van der Waals surface area (Å²) in [6.45, 7) is 0. The van der Waals surface area contributed by atoms with Gasteiger partial charge in [0.15, 0.2) is 11.5 Å². The van der Waals surface area contributed by atoms with Gasteiger partial charge in [-0.1, -0.05) is 24.3 Å². The van der Waals surface area contributed by atoms with Gasteiger partial charge in [0.25, 0.3) is 20.2 Å². The number of hydrogen-bond donors (Lipinski definition) is 2. The Hall–Kier alpha value is -0.980. The van der Waals surface area contributed by atoms with Gasteiger partial charge in [-0.2, -0.15) is 16.8 Å². The third-order valence-corrected chi connectivity index (χ3v) is 6.24. The Morgan fingerprint density at radius 2 is 0.868 bits per heavy atom. The number of rotatable bonds is 8. The molecule has 0 fully saturated rings. The minimum absolute atomic E-state index is 0. The van der Waals surface area contributed by atoms with Gasteiger partial charge in [0.2, 0.25) is 0 Å². The molecule has 22 heteroatoms. The molecule has 16 nitrogen and oxygen atoms in total. The fraction of sp³-hybridized carbons (Fsp3) is 0.125. The van der Waals surface area contributed by atoms with Gasteiger partial charge in [0.05, 0.1) is 9.79 Å². The molecule has 0 aliphatic rings. The molecule has 2 rings (SSSR count). The summed E-state index contributed by atoms with van der Waals surface area (Å²) in [4.78, 5) is 20.5. The summed E-state index contributed by atoms with van der Waals surface area (Å²) in [5.41, 5.74) is 0. The van der Waals surface area contributed by atoms with Gasteiger partial charge < -0.3 is 18.6 Å². The number of para-hydroxylation sites is 2. The van der Waals surface area contributed by atoms with E-state index >= 15 is 0 Å². The molecule has 200 valence electrons. The van der Waals surface area contributed by atoms with E-state index in [9.17, 15) is 52.4 Å². The van der Waals surface area contributed by atoms with Crippen LogP contribution >= 0.6 is 0 Å². The molecule has 0 aliphatic heterocycles. The molecular weight excluding hydrogens is 622 g/mol. The monoisotopic (exact) mass is 636 g/mol. The van der Waals surface area contributed by atoms with E-state index in [0.29, 0.717) is 0 Å².